The van der Waals surface area contributed by atoms with Crippen LogP contribution in [-0.4, -0.2) is 14.5 Å². The summed E-state index contributed by atoms with van der Waals surface area (Å²) in [6.07, 6.45) is 0. The third-order valence-electron chi connectivity index (χ3n) is 14.0. The van der Waals surface area contributed by atoms with Crippen molar-refractivity contribution in [3.05, 3.63) is 247 Å². The lowest BCUT2D eigenvalue weighted by molar-refractivity contribution is 0.794. The van der Waals surface area contributed by atoms with Crippen molar-refractivity contribution in [2.75, 3.05) is 0 Å². The van der Waals surface area contributed by atoms with Crippen LogP contribution in [0.5, 0.6) is 0 Å². The summed E-state index contributed by atoms with van der Waals surface area (Å²) in [5, 5.41) is 7.25. The summed E-state index contributed by atoms with van der Waals surface area (Å²) in [6.45, 7) is 0. The Kier molecular flexibility index (Phi) is 7.32. The van der Waals surface area contributed by atoms with Crippen molar-refractivity contribution in [3.63, 3.8) is 0 Å². The van der Waals surface area contributed by atoms with Crippen LogP contribution in [0.15, 0.2) is 224 Å². The Labute approximate surface area is 370 Å². The molecule has 0 atom stereocenters. The van der Waals surface area contributed by atoms with Gasteiger partial charge < -0.3 is 4.57 Å². The van der Waals surface area contributed by atoms with Gasteiger partial charge in [-0.1, -0.05) is 182 Å². The molecule has 14 rings (SSSR count). The van der Waals surface area contributed by atoms with E-state index in [0.29, 0.717) is 5.82 Å². The van der Waals surface area contributed by atoms with E-state index in [0.717, 1.165) is 44.5 Å². The van der Waals surface area contributed by atoms with Crippen LogP contribution < -0.4 is 0 Å². The molecule has 0 bridgehead atoms. The summed E-state index contributed by atoms with van der Waals surface area (Å²) in [7, 11) is 0. The van der Waals surface area contributed by atoms with Gasteiger partial charge in [-0.3, -0.25) is 0 Å². The SMILES string of the molecule is c1ccc(-c2cc(-c3ccc4c(c3)C3(c5ccccc5-c5ccccc53)c3ccccc3-4)nc(-c3ccc4cccc(-n5c6ccccc6c6cc7ccccc7cc65)c4c3)n2)cc1. The van der Waals surface area contributed by atoms with Gasteiger partial charge in [0.1, 0.15) is 0 Å². The average Bonchev–Trinajstić information content (AvgIpc) is 3.96. The first-order chi connectivity index (χ1) is 31.7. The van der Waals surface area contributed by atoms with Gasteiger partial charge in [0.15, 0.2) is 5.82 Å². The van der Waals surface area contributed by atoms with Crippen molar-refractivity contribution in [1.82, 2.24) is 14.5 Å². The molecule has 2 aliphatic rings. The molecule has 1 spiro atoms. The van der Waals surface area contributed by atoms with Crippen LogP contribution in [0.1, 0.15) is 22.3 Å². The number of benzene rings is 10. The molecule has 296 valence electrons. The molecule has 2 aliphatic carbocycles. The second-order valence-corrected chi connectivity index (χ2v) is 17.3. The minimum absolute atomic E-state index is 0.443. The van der Waals surface area contributed by atoms with Crippen LogP contribution in [0.25, 0.3) is 105 Å². The number of rotatable bonds is 4. The largest absolute Gasteiger partial charge is 0.309 e. The van der Waals surface area contributed by atoms with Crippen LogP contribution in [0.2, 0.25) is 0 Å². The quantitative estimate of drug-likeness (QED) is 0.177. The number of aromatic nitrogens is 3. The number of para-hydroxylation sites is 1. The lowest BCUT2D eigenvalue weighted by atomic mass is 9.70. The standard InChI is InChI=1S/C61H37N3/c1-2-15-39(16-3-1)55-37-56(42-31-32-47-46-22-8-12-26-53(46)61(54(47)35-42)51-24-10-6-20-44(51)45-21-7-11-25-52(45)61)63-60(62-55)43-30-29-38-19-14-28-58(49(38)34-43)64-57-27-13-9-23-48(57)50-33-40-17-4-5-18-41(40)36-59(50)64/h1-37H. The Balaban J connectivity index is 0.986. The van der Waals surface area contributed by atoms with Gasteiger partial charge in [-0.25, -0.2) is 9.97 Å². The van der Waals surface area contributed by atoms with E-state index in [4.69, 9.17) is 9.97 Å². The van der Waals surface area contributed by atoms with Crippen molar-refractivity contribution in [2.45, 2.75) is 5.41 Å². The molecule has 0 aliphatic heterocycles. The summed E-state index contributed by atoms with van der Waals surface area (Å²) in [5.74, 6) is 0.691. The zero-order chi connectivity index (χ0) is 41.9. The molecule has 0 amide bonds. The molecule has 0 radical (unpaired) electrons. The van der Waals surface area contributed by atoms with Gasteiger partial charge in [-0.15, -0.1) is 0 Å². The predicted octanol–water partition coefficient (Wildman–Crippen LogP) is 15.2. The maximum atomic E-state index is 5.49. The van der Waals surface area contributed by atoms with Crippen molar-refractivity contribution in [3.8, 4) is 61.8 Å². The number of fused-ring (bicyclic) bond motifs is 15. The second-order valence-electron chi connectivity index (χ2n) is 17.3. The maximum absolute atomic E-state index is 5.49. The molecule has 3 nitrogen and oxygen atoms in total. The molecular weight excluding hydrogens is 775 g/mol. The Morgan fingerprint density at radius 3 is 1.62 bits per heavy atom. The molecular formula is C61H37N3. The van der Waals surface area contributed by atoms with E-state index in [1.165, 1.54) is 77.1 Å². The van der Waals surface area contributed by atoms with Gasteiger partial charge in [-0.2, -0.15) is 0 Å². The fourth-order valence-electron chi connectivity index (χ4n) is 11.2. The van der Waals surface area contributed by atoms with Crippen LogP contribution in [0.3, 0.4) is 0 Å². The smallest absolute Gasteiger partial charge is 0.160 e. The van der Waals surface area contributed by atoms with Gasteiger partial charge in [0.25, 0.3) is 0 Å². The van der Waals surface area contributed by atoms with Crippen molar-refractivity contribution in [1.29, 1.82) is 0 Å². The molecule has 2 heterocycles. The highest BCUT2D eigenvalue weighted by Crippen LogP contribution is 2.63. The first-order valence-corrected chi connectivity index (χ1v) is 22.1. The Morgan fingerprint density at radius 2 is 0.891 bits per heavy atom. The van der Waals surface area contributed by atoms with E-state index in [1.54, 1.807) is 0 Å². The zero-order valence-corrected chi connectivity index (χ0v) is 34.7. The van der Waals surface area contributed by atoms with E-state index < -0.39 is 5.41 Å². The molecule has 64 heavy (non-hydrogen) atoms. The van der Waals surface area contributed by atoms with E-state index in [9.17, 15) is 0 Å². The average molecular weight is 812 g/mol. The Bertz CT molecular complexity index is 3850. The van der Waals surface area contributed by atoms with Crippen LogP contribution >= 0.6 is 0 Å². The highest BCUT2D eigenvalue weighted by Gasteiger charge is 2.51. The Hall–Kier alpha value is -8.40. The van der Waals surface area contributed by atoms with Crippen LogP contribution in [-0.2, 0) is 5.41 Å². The van der Waals surface area contributed by atoms with E-state index in [1.807, 2.05) is 0 Å². The monoisotopic (exact) mass is 811 g/mol. The second kappa shape index (κ2) is 13.3. The fourth-order valence-corrected chi connectivity index (χ4v) is 11.2. The molecule has 10 aromatic carbocycles. The third kappa shape index (κ3) is 4.86. The molecule has 0 saturated heterocycles. The zero-order valence-electron chi connectivity index (χ0n) is 34.7. The number of hydrogen-bond acceptors (Lipinski definition) is 2. The lowest BCUT2D eigenvalue weighted by Crippen LogP contribution is -2.25. The molecule has 12 aromatic rings. The highest BCUT2D eigenvalue weighted by molar-refractivity contribution is 6.14. The van der Waals surface area contributed by atoms with E-state index >= 15 is 0 Å². The highest BCUT2D eigenvalue weighted by atomic mass is 15.0. The van der Waals surface area contributed by atoms with Gasteiger partial charge >= 0.3 is 0 Å². The number of nitrogens with zero attached hydrogens (tertiary/aromatic N) is 3. The summed E-state index contributed by atoms with van der Waals surface area (Å²) < 4.78 is 2.44. The first kappa shape index (κ1) is 35.2. The van der Waals surface area contributed by atoms with Crippen molar-refractivity contribution in [2.24, 2.45) is 0 Å². The predicted molar refractivity (Wildman–Crippen MR) is 264 cm³/mol. The maximum Gasteiger partial charge on any atom is 0.160 e. The minimum atomic E-state index is -0.443. The third-order valence-corrected chi connectivity index (χ3v) is 14.0. The summed E-state index contributed by atoms with van der Waals surface area (Å²) >= 11 is 0. The van der Waals surface area contributed by atoms with Gasteiger partial charge in [0.2, 0.25) is 0 Å². The topological polar surface area (TPSA) is 30.7 Å². The van der Waals surface area contributed by atoms with E-state index in [-0.39, 0.29) is 0 Å². The molecule has 0 unspecified atom stereocenters. The van der Waals surface area contributed by atoms with Gasteiger partial charge in [0, 0.05) is 32.8 Å². The van der Waals surface area contributed by atoms with Gasteiger partial charge in [-0.05, 0) is 103 Å². The molecule has 0 N–H and O–H groups in total. The fraction of sp³-hybridized carbons (Fsp3) is 0.0164. The Morgan fingerprint density at radius 1 is 0.312 bits per heavy atom. The molecule has 3 heteroatoms. The molecule has 0 saturated carbocycles. The summed E-state index contributed by atoms with van der Waals surface area (Å²) in [5.41, 5.74) is 18.3. The minimum Gasteiger partial charge on any atom is -0.309 e. The van der Waals surface area contributed by atoms with Crippen LogP contribution in [0.4, 0.5) is 0 Å². The summed E-state index contributed by atoms with van der Waals surface area (Å²) in [4.78, 5) is 10.8. The van der Waals surface area contributed by atoms with Crippen LogP contribution in [0, 0.1) is 0 Å². The first-order valence-electron chi connectivity index (χ1n) is 22.1. The lowest BCUT2D eigenvalue weighted by Gasteiger charge is -2.30. The van der Waals surface area contributed by atoms with E-state index in [2.05, 4.69) is 229 Å². The van der Waals surface area contributed by atoms with Crippen molar-refractivity contribution >= 4 is 43.4 Å². The molecule has 0 fully saturated rings. The molecule has 2 aromatic heterocycles. The summed E-state index contributed by atoms with van der Waals surface area (Å²) in [6, 6.07) is 82.0. The number of hydrogen-bond donors (Lipinski definition) is 0. The van der Waals surface area contributed by atoms with Crippen molar-refractivity contribution < 1.29 is 0 Å². The van der Waals surface area contributed by atoms with Gasteiger partial charge in [0.05, 0.1) is 33.5 Å². The normalized spacial score (nSPS) is 13.1.